The summed E-state index contributed by atoms with van der Waals surface area (Å²) in [6, 6.07) is 11.6. The van der Waals surface area contributed by atoms with Gasteiger partial charge in [-0.15, -0.1) is 0 Å². The molecule has 0 bridgehead atoms. The van der Waals surface area contributed by atoms with Gasteiger partial charge in [0.1, 0.15) is 10.3 Å². The number of carbonyl (C=O) groups excluding carboxylic acids is 2. The summed E-state index contributed by atoms with van der Waals surface area (Å²) in [7, 11) is 0. The first-order valence-electron chi connectivity index (χ1n) is 7.90. The Labute approximate surface area is 165 Å². The molecule has 0 aliphatic heterocycles. The highest BCUT2D eigenvalue weighted by atomic mass is 35.5. The molecule has 27 heavy (non-hydrogen) atoms. The molecule has 0 radical (unpaired) electrons. The molecular weight excluding hydrogens is 387 g/mol. The van der Waals surface area contributed by atoms with E-state index in [-0.39, 0.29) is 21.4 Å². The number of amides is 2. The Morgan fingerprint density at radius 1 is 0.815 bits per heavy atom. The van der Waals surface area contributed by atoms with Gasteiger partial charge in [0.25, 0.3) is 11.8 Å². The van der Waals surface area contributed by atoms with E-state index in [2.05, 4.69) is 20.6 Å². The number of carbonyl (C=O) groups is 2. The molecule has 3 rings (SSSR count). The van der Waals surface area contributed by atoms with Crippen LogP contribution >= 0.6 is 23.2 Å². The summed E-state index contributed by atoms with van der Waals surface area (Å²) < 4.78 is 0. The standard InChI is InChI=1S/C19H14Cl2N4O2/c1-11-6-7-14(24-18(26)12-4-2-8-22-16(12)20)15(10-11)25-19(27)13-5-3-9-23-17(13)21/h2-10H,1H3,(H,24,26)(H,25,27). The molecule has 1 aromatic carbocycles. The van der Waals surface area contributed by atoms with Gasteiger partial charge in [0.15, 0.2) is 0 Å². The summed E-state index contributed by atoms with van der Waals surface area (Å²) in [6.07, 6.45) is 2.99. The minimum absolute atomic E-state index is 0.0924. The number of halogens is 2. The number of aryl methyl sites for hydroxylation is 1. The van der Waals surface area contributed by atoms with Crippen molar-refractivity contribution in [1.29, 1.82) is 0 Å². The van der Waals surface area contributed by atoms with Gasteiger partial charge in [-0.2, -0.15) is 0 Å². The third kappa shape index (κ3) is 4.42. The summed E-state index contributed by atoms with van der Waals surface area (Å²) >= 11 is 11.9. The molecule has 3 aromatic rings. The molecule has 2 amide bonds. The van der Waals surface area contributed by atoms with E-state index in [1.54, 1.807) is 36.4 Å². The van der Waals surface area contributed by atoms with E-state index in [0.717, 1.165) is 5.56 Å². The summed E-state index contributed by atoms with van der Waals surface area (Å²) in [6.45, 7) is 1.87. The van der Waals surface area contributed by atoms with Crippen LogP contribution in [0.3, 0.4) is 0 Å². The maximum Gasteiger partial charge on any atom is 0.258 e. The molecule has 8 heteroatoms. The second-order valence-corrected chi connectivity index (χ2v) is 6.36. The zero-order valence-corrected chi connectivity index (χ0v) is 15.7. The smallest absolute Gasteiger partial charge is 0.258 e. The Morgan fingerprint density at radius 2 is 1.33 bits per heavy atom. The van der Waals surface area contributed by atoms with E-state index in [1.807, 2.05) is 13.0 Å². The maximum absolute atomic E-state index is 12.5. The average molecular weight is 401 g/mol. The molecule has 0 saturated carbocycles. The van der Waals surface area contributed by atoms with Gasteiger partial charge in [-0.25, -0.2) is 9.97 Å². The van der Waals surface area contributed by atoms with E-state index < -0.39 is 11.8 Å². The van der Waals surface area contributed by atoms with Crippen molar-refractivity contribution >= 4 is 46.4 Å². The van der Waals surface area contributed by atoms with Crippen molar-refractivity contribution in [3.63, 3.8) is 0 Å². The average Bonchev–Trinajstić information content (AvgIpc) is 2.64. The van der Waals surface area contributed by atoms with Crippen LogP contribution in [0.25, 0.3) is 0 Å². The number of pyridine rings is 2. The topological polar surface area (TPSA) is 84.0 Å². The van der Waals surface area contributed by atoms with Crippen LogP contribution in [0.5, 0.6) is 0 Å². The highest BCUT2D eigenvalue weighted by Gasteiger charge is 2.16. The van der Waals surface area contributed by atoms with E-state index in [4.69, 9.17) is 23.2 Å². The van der Waals surface area contributed by atoms with Crippen LogP contribution in [0, 0.1) is 6.92 Å². The molecule has 0 atom stereocenters. The number of hydrogen-bond acceptors (Lipinski definition) is 4. The lowest BCUT2D eigenvalue weighted by Gasteiger charge is -2.14. The molecule has 0 unspecified atom stereocenters. The molecule has 0 spiro atoms. The van der Waals surface area contributed by atoms with Crippen LogP contribution in [0.4, 0.5) is 11.4 Å². The van der Waals surface area contributed by atoms with Crippen LogP contribution < -0.4 is 10.6 Å². The fraction of sp³-hybridized carbons (Fsp3) is 0.0526. The predicted molar refractivity (Wildman–Crippen MR) is 106 cm³/mol. The van der Waals surface area contributed by atoms with Crippen LogP contribution in [0.1, 0.15) is 26.3 Å². The molecule has 136 valence electrons. The Hall–Kier alpha value is -2.96. The monoisotopic (exact) mass is 400 g/mol. The Morgan fingerprint density at radius 3 is 1.85 bits per heavy atom. The molecule has 6 nitrogen and oxygen atoms in total. The molecule has 2 heterocycles. The fourth-order valence-corrected chi connectivity index (χ4v) is 2.77. The molecule has 2 N–H and O–H groups in total. The fourth-order valence-electron chi connectivity index (χ4n) is 2.36. The van der Waals surface area contributed by atoms with E-state index >= 15 is 0 Å². The summed E-state index contributed by atoms with van der Waals surface area (Å²) in [5.74, 6) is -0.875. The largest absolute Gasteiger partial charge is 0.320 e. The number of anilines is 2. The van der Waals surface area contributed by atoms with Gasteiger partial charge in [-0.3, -0.25) is 9.59 Å². The molecule has 0 saturated heterocycles. The number of aromatic nitrogens is 2. The summed E-state index contributed by atoms with van der Waals surface area (Å²) in [5.41, 5.74) is 2.20. The predicted octanol–water partition coefficient (Wildman–Crippen LogP) is 4.60. The Balaban J connectivity index is 1.87. The van der Waals surface area contributed by atoms with Crippen LogP contribution in [0.2, 0.25) is 10.3 Å². The first-order chi connectivity index (χ1) is 13.0. The van der Waals surface area contributed by atoms with Crippen molar-refractivity contribution in [2.24, 2.45) is 0 Å². The number of nitrogens with zero attached hydrogens (tertiary/aromatic N) is 2. The first kappa shape index (κ1) is 18.8. The van der Waals surface area contributed by atoms with Crippen molar-refractivity contribution in [3.8, 4) is 0 Å². The first-order valence-corrected chi connectivity index (χ1v) is 8.65. The van der Waals surface area contributed by atoms with Gasteiger partial charge in [0, 0.05) is 12.4 Å². The number of hydrogen-bond donors (Lipinski definition) is 2. The zero-order chi connectivity index (χ0) is 19.4. The number of nitrogens with one attached hydrogen (secondary N) is 2. The molecule has 0 fully saturated rings. The van der Waals surface area contributed by atoms with Crippen LogP contribution in [-0.4, -0.2) is 21.8 Å². The SMILES string of the molecule is Cc1ccc(NC(=O)c2cccnc2Cl)c(NC(=O)c2cccnc2Cl)c1. The third-order valence-corrected chi connectivity index (χ3v) is 4.28. The van der Waals surface area contributed by atoms with E-state index in [0.29, 0.717) is 11.4 Å². The normalized spacial score (nSPS) is 10.3. The van der Waals surface area contributed by atoms with Gasteiger partial charge < -0.3 is 10.6 Å². The summed E-state index contributed by atoms with van der Waals surface area (Å²) in [5, 5.41) is 5.68. The quantitative estimate of drug-likeness (QED) is 0.626. The third-order valence-electron chi connectivity index (χ3n) is 3.68. The zero-order valence-electron chi connectivity index (χ0n) is 14.2. The lowest BCUT2D eigenvalue weighted by molar-refractivity contribution is 0.101. The van der Waals surface area contributed by atoms with Gasteiger partial charge in [0.05, 0.1) is 22.5 Å². The molecule has 0 aliphatic rings. The maximum atomic E-state index is 12.5. The number of benzene rings is 1. The molecule has 0 aliphatic carbocycles. The van der Waals surface area contributed by atoms with Crippen molar-refractivity contribution in [1.82, 2.24) is 9.97 Å². The minimum Gasteiger partial charge on any atom is -0.320 e. The van der Waals surface area contributed by atoms with E-state index in [9.17, 15) is 9.59 Å². The lowest BCUT2D eigenvalue weighted by Crippen LogP contribution is -2.17. The van der Waals surface area contributed by atoms with Gasteiger partial charge in [-0.05, 0) is 48.9 Å². The Bertz CT molecular complexity index is 1020. The highest BCUT2D eigenvalue weighted by molar-refractivity contribution is 6.34. The van der Waals surface area contributed by atoms with Crippen molar-refractivity contribution in [3.05, 3.63) is 81.9 Å². The van der Waals surface area contributed by atoms with Crippen LogP contribution in [-0.2, 0) is 0 Å². The van der Waals surface area contributed by atoms with Gasteiger partial charge in [0.2, 0.25) is 0 Å². The van der Waals surface area contributed by atoms with E-state index in [1.165, 1.54) is 12.4 Å². The second-order valence-electron chi connectivity index (χ2n) is 5.64. The van der Waals surface area contributed by atoms with Crippen LogP contribution in [0.15, 0.2) is 54.9 Å². The molecule has 2 aromatic heterocycles. The Kier molecular flexibility index (Phi) is 5.69. The van der Waals surface area contributed by atoms with Crippen molar-refractivity contribution in [2.75, 3.05) is 10.6 Å². The van der Waals surface area contributed by atoms with Crippen molar-refractivity contribution in [2.45, 2.75) is 6.92 Å². The lowest BCUT2D eigenvalue weighted by atomic mass is 10.1. The molecular formula is C19H14Cl2N4O2. The summed E-state index contributed by atoms with van der Waals surface area (Å²) in [4.78, 5) is 32.8. The van der Waals surface area contributed by atoms with Gasteiger partial charge in [-0.1, -0.05) is 29.3 Å². The van der Waals surface area contributed by atoms with Crippen molar-refractivity contribution < 1.29 is 9.59 Å². The minimum atomic E-state index is -0.438. The van der Waals surface area contributed by atoms with Gasteiger partial charge >= 0.3 is 0 Å². The number of rotatable bonds is 4. The highest BCUT2D eigenvalue weighted by Crippen LogP contribution is 2.26. The second kappa shape index (κ2) is 8.16.